The fourth-order valence-electron chi connectivity index (χ4n) is 3.92. The number of ketones is 1. The Labute approximate surface area is 194 Å². The molecule has 0 aliphatic carbocycles. The molecule has 0 spiro atoms. The molecule has 0 amide bonds. The largest absolute Gasteiger partial charge is 0.457 e. The number of halogens is 2. The van der Waals surface area contributed by atoms with Crippen LogP contribution in [0, 0.1) is 0 Å². The summed E-state index contributed by atoms with van der Waals surface area (Å²) in [6.45, 7) is 0.982. The van der Waals surface area contributed by atoms with Gasteiger partial charge in [0, 0.05) is 24.4 Å². The summed E-state index contributed by atoms with van der Waals surface area (Å²) in [7, 11) is 0. The number of para-hydroxylation sites is 1. The van der Waals surface area contributed by atoms with Gasteiger partial charge in [-0.05, 0) is 37.2 Å². The van der Waals surface area contributed by atoms with E-state index in [1.165, 1.54) is 6.33 Å². The Kier molecular flexibility index (Phi) is 5.93. The first kappa shape index (κ1) is 21.4. The van der Waals surface area contributed by atoms with E-state index in [1.54, 1.807) is 24.4 Å². The highest BCUT2D eigenvalue weighted by Crippen LogP contribution is 2.31. The zero-order chi connectivity index (χ0) is 22.8. The highest BCUT2D eigenvalue weighted by Gasteiger charge is 2.27. The number of nitrogens with zero attached hydrogens (tertiary/aromatic N) is 2. The number of anilines is 1. The topological polar surface area (TPSA) is 91.9 Å². The van der Waals surface area contributed by atoms with Crippen molar-refractivity contribution in [2.45, 2.75) is 18.6 Å². The van der Waals surface area contributed by atoms with Gasteiger partial charge in [0.1, 0.15) is 35.5 Å². The molecule has 168 valence electrons. The molecule has 3 heterocycles. The van der Waals surface area contributed by atoms with E-state index in [0.717, 1.165) is 0 Å². The Balaban J connectivity index is 1.45. The van der Waals surface area contributed by atoms with Crippen molar-refractivity contribution in [3.8, 4) is 11.5 Å². The molecule has 2 aromatic carbocycles. The second-order valence-corrected chi connectivity index (χ2v) is 8.20. The van der Waals surface area contributed by atoms with Crippen LogP contribution in [0.15, 0.2) is 61.1 Å². The number of ether oxygens (including phenoxy) is 1. The molecule has 1 aliphatic rings. The summed E-state index contributed by atoms with van der Waals surface area (Å²) < 4.78 is 20.2. The third-order valence-electron chi connectivity index (χ3n) is 5.61. The van der Waals surface area contributed by atoms with Crippen molar-refractivity contribution in [2.24, 2.45) is 0 Å². The summed E-state index contributed by atoms with van der Waals surface area (Å²) in [5, 5.41) is 6.96. The highest BCUT2D eigenvalue weighted by atomic mass is 35.5. The molecule has 0 radical (unpaired) electrons. The van der Waals surface area contributed by atoms with Gasteiger partial charge < -0.3 is 20.4 Å². The summed E-state index contributed by atoms with van der Waals surface area (Å²) in [4.78, 5) is 24.9. The fourth-order valence-corrected chi connectivity index (χ4v) is 4.18. The molecule has 0 saturated carbocycles. The van der Waals surface area contributed by atoms with Crippen LogP contribution in [0.2, 0.25) is 5.02 Å². The van der Waals surface area contributed by atoms with Gasteiger partial charge in [0.15, 0.2) is 5.78 Å². The number of hydrogen-bond acceptors (Lipinski definition) is 6. The average Bonchev–Trinajstić information content (AvgIpc) is 3.26. The summed E-state index contributed by atoms with van der Waals surface area (Å²) >= 11 is 6.46. The molecule has 2 aromatic heterocycles. The predicted molar refractivity (Wildman–Crippen MR) is 125 cm³/mol. The van der Waals surface area contributed by atoms with Gasteiger partial charge in [-0.25, -0.2) is 14.4 Å². The van der Waals surface area contributed by atoms with Crippen LogP contribution in [0.25, 0.3) is 11.0 Å². The number of aromatic nitrogens is 3. The third kappa shape index (κ3) is 4.40. The number of hydrogen-bond donors (Lipinski definition) is 3. The minimum Gasteiger partial charge on any atom is -0.457 e. The summed E-state index contributed by atoms with van der Waals surface area (Å²) in [6.07, 6.45) is 2.50. The van der Waals surface area contributed by atoms with Gasteiger partial charge in [-0.2, -0.15) is 0 Å². The first-order valence-electron chi connectivity index (χ1n) is 10.6. The lowest BCUT2D eigenvalue weighted by Crippen LogP contribution is -2.45. The van der Waals surface area contributed by atoms with E-state index in [4.69, 9.17) is 16.3 Å². The number of fused-ring (bicyclic) bond motifs is 1. The highest BCUT2D eigenvalue weighted by molar-refractivity contribution is 6.35. The SMILES string of the molecule is O=C(c1ccc(Oc2ccccc2)cc1Cl)c1c[nH]c2ncnc(N[C@@H]3CCNC[C@H]3F)c12. The third-order valence-corrected chi connectivity index (χ3v) is 5.92. The monoisotopic (exact) mass is 465 g/mol. The van der Waals surface area contributed by atoms with Gasteiger partial charge in [-0.3, -0.25) is 4.79 Å². The molecule has 2 atom stereocenters. The van der Waals surface area contributed by atoms with E-state index < -0.39 is 12.2 Å². The summed E-state index contributed by atoms with van der Waals surface area (Å²) in [5.41, 5.74) is 1.16. The van der Waals surface area contributed by atoms with Crippen molar-refractivity contribution in [2.75, 3.05) is 18.4 Å². The van der Waals surface area contributed by atoms with E-state index in [2.05, 4.69) is 25.6 Å². The van der Waals surface area contributed by atoms with Crippen molar-refractivity contribution in [3.63, 3.8) is 0 Å². The fraction of sp³-hybridized carbons (Fsp3) is 0.208. The average molecular weight is 466 g/mol. The molecule has 0 bridgehead atoms. The minimum atomic E-state index is -1.06. The van der Waals surface area contributed by atoms with Crippen LogP contribution in [0.5, 0.6) is 11.5 Å². The normalized spacial score (nSPS) is 18.2. The smallest absolute Gasteiger partial charge is 0.196 e. The van der Waals surface area contributed by atoms with Gasteiger partial charge in [0.05, 0.1) is 22.0 Å². The standard InChI is InChI=1S/C24H21ClFN5O2/c25-18-10-15(33-14-4-2-1-3-5-14)6-7-16(18)22(32)17-11-28-23-21(17)24(30-13-29-23)31-20-8-9-27-12-19(20)26/h1-7,10-11,13,19-20,27H,8-9,12H2,(H2,28,29,30,31)/t19-,20-/m1/s1. The Morgan fingerprint density at radius 1 is 1.12 bits per heavy atom. The quantitative estimate of drug-likeness (QED) is 0.356. The number of nitrogens with one attached hydrogen (secondary N) is 3. The molecule has 1 fully saturated rings. The van der Waals surface area contributed by atoms with Crippen LogP contribution in [0.3, 0.4) is 0 Å². The lowest BCUT2D eigenvalue weighted by Gasteiger charge is -2.28. The Bertz CT molecular complexity index is 1300. The van der Waals surface area contributed by atoms with Crippen LogP contribution >= 0.6 is 11.6 Å². The number of H-pyrrole nitrogens is 1. The number of carbonyl (C=O) groups excluding carboxylic acids is 1. The number of carbonyl (C=O) groups is 1. The zero-order valence-corrected chi connectivity index (χ0v) is 18.3. The van der Waals surface area contributed by atoms with E-state index in [0.29, 0.717) is 52.4 Å². The first-order chi connectivity index (χ1) is 16.1. The molecule has 33 heavy (non-hydrogen) atoms. The maximum atomic E-state index is 14.4. The Morgan fingerprint density at radius 2 is 1.97 bits per heavy atom. The predicted octanol–water partition coefficient (Wildman–Crippen LogP) is 4.75. The molecule has 3 N–H and O–H groups in total. The van der Waals surface area contributed by atoms with Crippen LogP contribution < -0.4 is 15.4 Å². The van der Waals surface area contributed by atoms with E-state index in [1.807, 2.05) is 30.3 Å². The number of piperidine rings is 1. The molecule has 4 aromatic rings. The molecular weight excluding hydrogens is 445 g/mol. The van der Waals surface area contributed by atoms with Gasteiger partial charge in [-0.1, -0.05) is 29.8 Å². The van der Waals surface area contributed by atoms with E-state index in [9.17, 15) is 9.18 Å². The van der Waals surface area contributed by atoms with Crippen molar-refractivity contribution < 1.29 is 13.9 Å². The molecule has 9 heteroatoms. The van der Waals surface area contributed by atoms with Crippen molar-refractivity contribution in [1.29, 1.82) is 0 Å². The summed E-state index contributed by atoms with van der Waals surface area (Å²) in [6, 6.07) is 13.8. The van der Waals surface area contributed by atoms with Gasteiger partial charge in [0.2, 0.25) is 0 Å². The Hall–Kier alpha value is -3.49. The maximum absolute atomic E-state index is 14.4. The Morgan fingerprint density at radius 3 is 2.76 bits per heavy atom. The van der Waals surface area contributed by atoms with Gasteiger partial charge in [-0.15, -0.1) is 0 Å². The van der Waals surface area contributed by atoms with Crippen LogP contribution in [0.4, 0.5) is 10.2 Å². The molecular formula is C24H21ClFN5O2. The molecule has 0 unspecified atom stereocenters. The second-order valence-electron chi connectivity index (χ2n) is 7.79. The van der Waals surface area contributed by atoms with Crippen LogP contribution in [-0.2, 0) is 0 Å². The lowest BCUT2D eigenvalue weighted by molar-refractivity contribution is 0.104. The van der Waals surface area contributed by atoms with Crippen molar-refractivity contribution in [1.82, 2.24) is 20.3 Å². The number of aromatic amines is 1. The van der Waals surface area contributed by atoms with Gasteiger partial charge >= 0.3 is 0 Å². The van der Waals surface area contributed by atoms with Crippen molar-refractivity contribution >= 4 is 34.2 Å². The molecule has 1 saturated heterocycles. The van der Waals surface area contributed by atoms with E-state index in [-0.39, 0.29) is 17.4 Å². The lowest BCUT2D eigenvalue weighted by atomic mass is 10.0. The van der Waals surface area contributed by atoms with Crippen LogP contribution in [0.1, 0.15) is 22.3 Å². The molecule has 5 rings (SSSR count). The number of rotatable bonds is 6. The van der Waals surface area contributed by atoms with E-state index >= 15 is 0 Å². The van der Waals surface area contributed by atoms with Crippen molar-refractivity contribution in [3.05, 3.63) is 77.2 Å². The number of alkyl halides is 1. The first-order valence-corrected chi connectivity index (χ1v) is 11.0. The zero-order valence-electron chi connectivity index (χ0n) is 17.5. The summed E-state index contributed by atoms with van der Waals surface area (Å²) in [5.74, 6) is 1.31. The maximum Gasteiger partial charge on any atom is 0.196 e. The van der Waals surface area contributed by atoms with Crippen LogP contribution in [-0.4, -0.2) is 46.0 Å². The molecule has 1 aliphatic heterocycles. The second kappa shape index (κ2) is 9.17. The van der Waals surface area contributed by atoms with Gasteiger partial charge in [0.25, 0.3) is 0 Å². The number of benzene rings is 2. The minimum absolute atomic E-state index is 0.260. The molecule has 7 nitrogen and oxygen atoms in total.